The molecule has 5 nitrogen and oxygen atoms in total. The van der Waals surface area contributed by atoms with Crippen molar-refractivity contribution in [3.05, 3.63) is 103 Å². The number of hydrogen-bond donors (Lipinski definition) is 0. The molecule has 0 aliphatic heterocycles. The second-order valence-corrected chi connectivity index (χ2v) is 2.26. The van der Waals surface area contributed by atoms with Crippen molar-refractivity contribution in [2.75, 3.05) is 0 Å². The van der Waals surface area contributed by atoms with E-state index in [0.29, 0.717) is 0 Å². The maximum Gasteiger partial charge on any atom is 0 e. The van der Waals surface area contributed by atoms with E-state index in [2.05, 4.69) is 39.2 Å². The molecule has 2 fully saturated rings. The second-order valence-electron chi connectivity index (χ2n) is 2.26. The van der Waals surface area contributed by atoms with Crippen molar-refractivity contribution in [1.82, 2.24) is 0 Å². The van der Waals surface area contributed by atoms with E-state index < -0.39 is 0 Å². The molecule has 2 aliphatic rings. The summed E-state index contributed by atoms with van der Waals surface area (Å²) >= 11 is 0. The molecule has 0 aromatic carbocycles. The quantitative estimate of drug-likeness (QED) is 0.255. The molecule has 0 aromatic rings. The fraction of sp³-hybridized carbons (Fsp3) is 0. The Kier molecular flexibility index (Phi) is 122. The minimum Gasteiger partial charge on any atom is -0.0312 e. The maximum absolute atomic E-state index is 7.50. The van der Waals surface area contributed by atoms with Crippen molar-refractivity contribution in [2.45, 2.75) is 0 Å². The van der Waals surface area contributed by atoms with Crippen molar-refractivity contribution in [2.24, 2.45) is 0 Å². The van der Waals surface area contributed by atoms with Crippen molar-refractivity contribution in [1.29, 1.82) is 0 Å². The SMILES string of the molecule is [C-]#C[C]1[CH][CH][CH][CH]1.[C-]#[O+].[C-]#[O+].[C-]#[O+].[C-]#[O+].[C-]#[O+].[CH]1[CH][CH][CH][CH]1.[Fe].[Mn]. The molecule has 0 atom stereocenters. The van der Waals surface area contributed by atoms with Crippen molar-refractivity contribution >= 4 is 0 Å². The fourth-order valence-corrected chi connectivity index (χ4v) is 0.778. The van der Waals surface area contributed by atoms with Gasteiger partial charge in [-0.25, -0.2) is 0 Å². The molecule has 0 amide bonds. The molecule has 2 saturated carbocycles. The van der Waals surface area contributed by atoms with Gasteiger partial charge in [0.2, 0.25) is 0 Å². The van der Waals surface area contributed by atoms with E-state index in [1.54, 1.807) is 0 Å². The molecule has 0 bridgehead atoms. The monoisotopic (exact) mass is 404 g/mol. The van der Waals surface area contributed by atoms with Gasteiger partial charge in [-0.05, 0) is 57.8 Å². The van der Waals surface area contributed by atoms with Crippen LogP contribution in [0.4, 0.5) is 0 Å². The van der Waals surface area contributed by atoms with Crippen LogP contribution in [0.2, 0.25) is 0 Å². The summed E-state index contributed by atoms with van der Waals surface area (Å²) in [4.78, 5) is 0. The first-order valence-electron chi connectivity index (χ1n) is 4.76. The average molecular weight is 404 g/mol. The third-order valence-electron chi connectivity index (χ3n) is 1.36. The maximum atomic E-state index is 7.50. The summed E-state index contributed by atoms with van der Waals surface area (Å²) in [5.41, 5.74) is 0. The first kappa shape index (κ1) is 43.6. The van der Waals surface area contributed by atoms with E-state index in [0.717, 1.165) is 5.92 Å². The van der Waals surface area contributed by atoms with Gasteiger partial charge >= 0.3 is 56.5 Å². The summed E-state index contributed by atoms with van der Waals surface area (Å²) in [6.07, 6.45) is 24.1. The summed E-state index contributed by atoms with van der Waals surface area (Å²) in [5.74, 6) is 3.10. The van der Waals surface area contributed by atoms with Crippen LogP contribution >= 0.6 is 0 Å². The van der Waals surface area contributed by atoms with E-state index in [1.165, 1.54) is 0 Å². The van der Waals surface area contributed by atoms with Gasteiger partial charge in [0.1, 0.15) is 0 Å². The van der Waals surface area contributed by atoms with E-state index in [4.69, 9.17) is 29.7 Å². The minimum atomic E-state index is 0. The first-order valence-corrected chi connectivity index (χ1v) is 4.76. The molecule has 2 aliphatic carbocycles. The summed E-state index contributed by atoms with van der Waals surface area (Å²) in [5, 5.41) is 0. The zero-order valence-corrected chi connectivity index (χ0v) is 14.3. The van der Waals surface area contributed by atoms with Crippen molar-refractivity contribution < 1.29 is 57.4 Å². The van der Waals surface area contributed by atoms with Crippen LogP contribution in [0.5, 0.6) is 0 Å². The van der Waals surface area contributed by atoms with Crippen LogP contribution in [-0.2, 0) is 57.4 Å². The van der Waals surface area contributed by atoms with E-state index in [9.17, 15) is 0 Å². The second kappa shape index (κ2) is 66.9. The molecule has 0 aromatic heterocycles. The molecule has 0 unspecified atom stereocenters. The Morgan fingerprint density at radius 1 is 0.542 bits per heavy atom. The van der Waals surface area contributed by atoms with Crippen LogP contribution in [0.15, 0.2) is 0 Å². The summed E-state index contributed by atoms with van der Waals surface area (Å²) in [6.45, 7) is 22.5. The zero-order chi connectivity index (χ0) is 18.6. The van der Waals surface area contributed by atoms with Crippen LogP contribution < -0.4 is 0 Å². The van der Waals surface area contributed by atoms with Crippen LogP contribution in [-0.4, -0.2) is 0 Å². The topological polar surface area (TPSA) is 99.5 Å². The Balaban J connectivity index is -0.0000000307. The largest absolute Gasteiger partial charge is 0.0312 e. The van der Waals surface area contributed by atoms with Crippen molar-refractivity contribution in [3.8, 4) is 5.92 Å². The van der Waals surface area contributed by atoms with Gasteiger partial charge in [-0.3, -0.25) is 0 Å². The van der Waals surface area contributed by atoms with Crippen molar-refractivity contribution in [3.63, 3.8) is 0 Å². The summed E-state index contributed by atoms with van der Waals surface area (Å²) in [6, 6.07) is 0. The van der Waals surface area contributed by atoms with E-state index in [-0.39, 0.29) is 34.1 Å². The molecule has 11 radical (unpaired) electrons. The van der Waals surface area contributed by atoms with Gasteiger partial charge in [-0.1, -0.05) is 0 Å². The Morgan fingerprint density at radius 3 is 0.875 bits per heavy atom. The Morgan fingerprint density at radius 2 is 0.750 bits per heavy atom. The molecule has 0 heterocycles. The van der Waals surface area contributed by atoms with Crippen LogP contribution in [0.3, 0.4) is 0 Å². The van der Waals surface area contributed by atoms with Gasteiger partial charge in [-0.15, -0.1) is 0 Å². The average Bonchev–Trinajstić information content (AvgIpc) is 3.40. The number of rotatable bonds is 0. The van der Waals surface area contributed by atoms with Gasteiger partial charge in [0, 0.05) is 40.1 Å². The zero-order valence-electron chi connectivity index (χ0n) is 12.0. The van der Waals surface area contributed by atoms with Gasteiger partial charge in [0.05, 0.1) is 0 Å². The minimum absolute atomic E-state index is 0. The van der Waals surface area contributed by atoms with Crippen LogP contribution in [0, 0.1) is 109 Å². The molecule has 0 N–H and O–H groups in total. The predicted molar refractivity (Wildman–Crippen MR) is 68.7 cm³/mol. The molecular weight excluding hydrogens is 395 g/mol. The smallest absolute Gasteiger partial charge is 0 e. The van der Waals surface area contributed by atoms with E-state index in [1.807, 2.05) is 57.8 Å². The van der Waals surface area contributed by atoms with Gasteiger partial charge < -0.3 is 12.3 Å². The Hall–Kier alpha value is -0.701. The third-order valence-corrected chi connectivity index (χ3v) is 1.36. The Labute approximate surface area is 166 Å². The molecule has 0 spiro atoms. The number of hydrogen-bond acceptors (Lipinski definition) is 0. The fourth-order valence-electron chi connectivity index (χ4n) is 0.778. The van der Waals surface area contributed by atoms with Crippen LogP contribution in [0.25, 0.3) is 0 Å². The van der Waals surface area contributed by atoms with Crippen LogP contribution in [0.1, 0.15) is 0 Å². The van der Waals surface area contributed by atoms with Gasteiger partial charge in [0.15, 0.2) is 0 Å². The molecule has 24 heavy (non-hydrogen) atoms. The Bertz CT molecular complexity index is 276. The molecule has 123 valence electrons. The molecule has 7 heteroatoms. The molecule has 0 saturated heterocycles. The van der Waals surface area contributed by atoms with E-state index >= 15 is 0 Å². The first-order chi connectivity index (χ1) is 10.9. The summed E-state index contributed by atoms with van der Waals surface area (Å²) < 4.78 is 37.5. The third kappa shape index (κ3) is 49.6. The van der Waals surface area contributed by atoms with Gasteiger partial charge in [0.25, 0.3) is 0 Å². The standard InChI is InChI=1S/C7H4.C5H5.5CO.Fe.Mn/c1-2-7-5-3-4-6-7;1-2-4-5-3-1;5*1-2;;/h3-6H;1-5H;;;;;;;/q-1;;;;;;;;. The predicted octanol–water partition coefficient (Wildman–Crippen LogP) is 1.81. The van der Waals surface area contributed by atoms with Gasteiger partial charge in [-0.2, -0.15) is 0 Å². The molecule has 2 rings (SSSR count). The normalized spacial score (nSPS) is 11.9. The summed E-state index contributed by atoms with van der Waals surface area (Å²) in [7, 11) is 0. The molecular formula is C17H9FeMnO5-.